The highest BCUT2D eigenvalue weighted by molar-refractivity contribution is 5.31. The van der Waals surface area contributed by atoms with Gasteiger partial charge < -0.3 is 14.8 Å². The zero-order chi connectivity index (χ0) is 14.9. The topological polar surface area (TPSA) is 56.3 Å². The van der Waals surface area contributed by atoms with Crippen LogP contribution < -0.4 is 10.1 Å². The van der Waals surface area contributed by atoms with Crippen LogP contribution in [0, 0.1) is 0 Å². The van der Waals surface area contributed by atoms with Crippen molar-refractivity contribution in [3.63, 3.8) is 0 Å². The zero-order valence-electron chi connectivity index (χ0n) is 12.5. The quantitative estimate of drug-likeness (QED) is 0.808. The van der Waals surface area contributed by atoms with Gasteiger partial charge in [-0.25, -0.2) is 4.98 Å². The lowest BCUT2D eigenvalue weighted by molar-refractivity contribution is 0.184. The molecule has 0 unspecified atom stereocenters. The maximum atomic E-state index is 5.72. The maximum absolute atomic E-state index is 5.72. The summed E-state index contributed by atoms with van der Waals surface area (Å²) in [6.07, 6.45) is 4.52. The van der Waals surface area contributed by atoms with Crippen LogP contribution in [0.5, 0.6) is 5.75 Å². The SMILES string of the molecule is CCCNc1cnc(COc2cccc(COC)c2)cn1. The van der Waals surface area contributed by atoms with Crippen molar-refractivity contribution < 1.29 is 9.47 Å². The predicted octanol–water partition coefficient (Wildman–Crippen LogP) is 3.02. The minimum absolute atomic E-state index is 0.400. The van der Waals surface area contributed by atoms with E-state index in [9.17, 15) is 0 Å². The molecule has 0 amide bonds. The fourth-order valence-corrected chi connectivity index (χ4v) is 1.82. The Morgan fingerprint density at radius 3 is 2.76 bits per heavy atom. The van der Waals surface area contributed by atoms with Crippen molar-refractivity contribution in [2.45, 2.75) is 26.6 Å². The summed E-state index contributed by atoms with van der Waals surface area (Å²) < 4.78 is 10.8. The summed E-state index contributed by atoms with van der Waals surface area (Å²) in [7, 11) is 1.68. The number of rotatable bonds is 8. The van der Waals surface area contributed by atoms with E-state index in [1.165, 1.54) is 0 Å². The monoisotopic (exact) mass is 287 g/mol. The standard InChI is InChI=1S/C16H21N3O2/c1-3-7-17-16-10-18-14(9-19-16)12-21-15-6-4-5-13(8-15)11-20-2/h4-6,8-10H,3,7,11-12H2,1-2H3,(H,17,19). The van der Waals surface area contributed by atoms with Gasteiger partial charge in [0.05, 0.1) is 24.7 Å². The average Bonchev–Trinajstić information content (AvgIpc) is 2.53. The van der Waals surface area contributed by atoms with E-state index in [1.54, 1.807) is 19.5 Å². The van der Waals surface area contributed by atoms with Gasteiger partial charge in [-0.15, -0.1) is 0 Å². The smallest absolute Gasteiger partial charge is 0.144 e. The van der Waals surface area contributed by atoms with Crippen LogP contribution in [-0.2, 0) is 18.0 Å². The van der Waals surface area contributed by atoms with Gasteiger partial charge in [0, 0.05) is 13.7 Å². The van der Waals surface area contributed by atoms with E-state index in [1.807, 2.05) is 24.3 Å². The number of methoxy groups -OCH3 is 1. The Labute approximate surface area is 125 Å². The first-order chi connectivity index (χ1) is 10.3. The van der Waals surface area contributed by atoms with E-state index in [0.29, 0.717) is 13.2 Å². The van der Waals surface area contributed by atoms with Crippen LogP contribution in [-0.4, -0.2) is 23.6 Å². The third-order valence-corrected chi connectivity index (χ3v) is 2.86. The molecule has 0 saturated carbocycles. The summed E-state index contributed by atoms with van der Waals surface area (Å²) in [6, 6.07) is 7.84. The van der Waals surface area contributed by atoms with Gasteiger partial charge in [-0.2, -0.15) is 0 Å². The number of anilines is 1. The summed E-state index contributed by atoms with van der Waals surface area (Å²) in [6.45, 7) is 3.99. The third-order valence-electron chi connectivity index (χ3n) is 2.86. The zero-order valence-corrected chi connectivity index (χ0v) is 12.5. The second-order valence-corrected chi connectivity index (χ2v) is 4.69. The van der Waals surface area contributed by atoms with Gasteiger partial charge >= 0.3 is 0 Å². The summed E-state index contributed by atoms with van der Waals surface area (Å²) in [5.41, 5.74) is 1.88. The van der Waals surface area contributed by atoms with Crippen molar-refractivity contribution in [2.24, 2.45) is 0 Å². The molecule has 5 nitrogen and oxygen atoms in total. The second-order valence-electron chi connectivity index (χ2n) is 4.69. The van der Waals surface area contributed by atoms with E-state index in [0.717, 1.165) is 35.8 Å². The lowest BCUT2D eigenvalue weighted by atomic mass is 10.2. The van der Waals surface area contributed by atoms with Crippen LogP contribution in [0.15, 0.2) is 36.7 Å². The summed E-state index contributed by atoms with van der Waals surface area (Å²) >= 11 is 0. The average molecular weight is 287 g/mol. The van der Waals surface area contributed by atoms with E-state index in [4.69, 9.17) is 9.47 Å². The Bertz CT molecular complexity index is 543. The fraction of sp³-hybridized carbons (Fsp3) is 0.375. The van der Waals surface area contributed by atoms with Crippen molar-refractivity contribution in [2.75, 3.05) is 19.0 Å². The highest BCUT2D eigenvalue weighted by Gasteiger charge is 2.00. The molecule has 1 aromatic carbocycles. The molecule has 21 heavy (non-hydrogen) atoms. The molecule has 0 atom stereocenters. The van der Waals surface area contributed by atoms with E-state index in [2.05, 4.69) is 22.2 Å². The molecule has 2 aromatic rings. The van der Waals surface area contributed by atoms with Crippen molar-refractivity contribution in [3.05, 3.63) is 47.9 Å². The van der Waals surface area contributed by atoms with Crippen LogP contribution >= 0.6 is 0 Å². The van der Waals surface area contributed by atoms with Crippen LogP contribution in [0.25, 0.3) is 0 Å². The number of nitrogens with one attached hydrogen (secondary N) is 1. The van der Waals surface area contributed by atoms with Gasteiger partial charge in [-0.3, -0.25) is 4.98 Å². The van der Waals surface area contributed by atoms with Gasteiger partial charge in [0.1, 0.15) is 18.2 Å². The molecule has 0 aliphatic heterocycles. The molecule has 1 aromatic heterocycles. The van der Waals surface area contributed by atoms with Crippen LogP contribution in [0.4, 0.5) is 5.82 Å². The first-order valence-corrected chi connectivity index (χ1v) is 7.07. The first kappa shape index (κ1) is 15.3. The molecule has 0 aliphatic carbocycles. The Kier molecular flexibility index (Phi) is 5.97. The van der Waals surface area contributed by atoms with Crippen LogP contribution in [0.2, 0.25) is 0 Å². The molecule has 0 radical (unpaired) electrons. The minimum atomic E-state index is 0.400. The van der Waals surface area contributed by atoms with Gasteiger partial charge in [-0.1, -0.05) is 19.1 Å². The maximum Gasteiger partial charge on any atom is 0.144 e. The van der Waals surface area contributed by atoms with E-state index >= 15 is 0 Å². The Hall–Kier alpha value is -2.14. The highest BCUT2D eigenvalue weighted by Crippen LogP contribution is 2.15. The Morgan fingerprint density at radius 1 is 1.14 bits per heavy atom. The molecule has 0 aliphatic rings. The molecule has 2 rings (SSSR count). The van der Waals surface area contributed by atoms with Gasteiger partial charge in [0.25, 0.3) is 0 Å². The number of aromatic nitrogens is 2. The number of benzene rings is 1. The molecule has 0 bridgehead atoms. The van der Waals surface area contributed by atoms with Crippen molar-refractivity contribution in [1.29, 1.82) is 0 Å². The Morgan fingerprint density at radius 2 is 2.05 bits per heavy atom. The molecule has 5 heteroatoms. The molecule has 0 saturated heterocycles. The largest absolute Gasteiger partial charge is 0.487 e. The fourth-order valence-electron chi connectivity index (χ4n) is 1.82. The number of hydrogen-bond acceptors (Lipinski definition) is 5. The third kappa shape index (κ3) is 5.04. The van der Waals surface area contributed by atoms with E-state index in [-0.39, 0.29) is 0 Å². The number of nitrogens with zero attached hydrogens (tertiary/aromatic N) is 2. The number of hydrogen-bond donors (Lipinski definition) is 1. The first-order valence-electron chi connectivity index (χ1n) is 7.07. The van der Waals surface area contributed by atoms with Gasteiger partial charge in [-0.05, 0) is 24.1 Å². The lowest BCUT2D eigenvalue weighted by Gasteiger charge is -2.08. The summed E-state index contributed by atoms with van der Waals surface area (Å²) in [5, 5.41) is 3.19. The van der Waals surface area contributed by atoms with Gasteiger partial charge in [0.2, 0.25) is 0 Å². The van der Waals surface area contributed by atoms with Crippen LogP contribution in [0.3, 0.4) is 0 Å². The molecule has 1 heterocycles. The minimum Gasteiger partial charge on any atom is -0.487 e. The van der Waals surface area contributed by atoms with Crippen LogP contribution in [0.1, 0.15) is 24.6 Å². The summed E-state index contributed by atoms with van der Waals surface area (Å²) in [4.78, 5) is 8.63. The van der Waals surface area contributed by atoms with Gasteiger partial charge in [0.15, 0.2) is 0 Å². The summed E-state index contributed by atoms with van der Waals surface area (Å²) in [5.74, 6) is 1.60. The Balaban J connectivity index is 1.88. The molecule has 1 N–H and O–H groups in total. The van der Waals surface area contributed by atoms with Crippen molar-refractivity contribution in [1.82, 2.24) is 9.97 Å². The predicted molar refractivity (Wildman–Crippen MR) is 82.3 cm³/mol. The molecular formula is C16H21N3O2. The normalized spacial score (nSPS) is 10.4. The lowest BCUT2D eigenvalue weighted by Crippen LogP contribution is -2.04. The van der Waals surface area contributed by atoms with E-state index < -0.39 is 0 Å². The van der Waals surface area contributed by atoms with Crippen molar-refractivity contribution in [3.8, 4) is 5.75 Å². The molecular weight excluding hydrogens is 266 g/mol. The van der Waals surface area contributed by atoms with Crippen molar-refractivity contribution >= 4 is 5.82 Å². The second kappa shape index (κ2) is 8.21. The number of ether oxygens (including phenoxy) is 2. The molecule has 0 spiro atoms. The molecule has 0 fully saturated rings. The molecule has 112 valence electrons. The highest BCUT2D eigenvalue weighted by atomic mass is 16.5.